The first-order valence-electron chi connectivity index (χ1n) is 0.289. The quantitative estimate of drug-likeness (QED) is 0.513. The Bertz CT molecular complexity index is 8.00. The first-order chi connectivity index (χ1) is 1.00. The van der Waals surface area contributed by atoms with Crippen LogP contribution in [0.1, 0.15) is 0 Å². The summed E-state index contributed by atoms with van der Waals surface area (Å²) in [6, 6.07) is 0. The van der Waals surface area contributed by atoms with Crippen LogP contribution in [0.4, 0.5) is 0 Å². The van der Waals surface area contributed by atoms with Gasteiger partial charge in [-0.2, -0.15) is 0 Å². The SMILES string of the molecule is [Eu].[S]=[GaH].[SrH2]. The van der Waals surface area contributed by atoms with Gasteiger partial charge in [0.05, 0.1) is 0 Å². The zero-order chi connectivity index (χ0) is 2.00. The average Bonchev–Trinajstić information content (AvgIpc) is 1.00. The second kappa shape index (κ2) is 15.8. The van der Waals surface area contributed by atoms with Crippen LogP contribution < -0.4 is 0 Å². The molecule has 0 aromatic heterocycles. The fourth-order valence-corrected chi connectivity index (χ4v) is 0. The Hall–Kier alpha value is 3.92. The van der Waals surface area contributed by atoms with Crippen molar-refractivity contribution >= 4 is 72.4 Å². The Morgan fingerprint density at radius 3 is 1.25 bits per heavy atom. The third kappa shape index (κ3) is 9.33. The maximum atomic E-state index is 4.21. The van der Waals surface area contributed by atoms with Crippen molar-refractivity contribution < 1.29 is 49.4 Å². The van der Waals surface area contributed by atoms with Crippen LogP contribution in [-0.2, 0) is 0 Å². The standard InChI is InChI=1S/Eu.Ga.S.Sr.3H. The van der Waals surface area contributed by atoms with Gasteiger partial charge in [0.15, 0.2) is 0 Å². The van der Waals surface area contributed by atoms with E-state index in [0.717, 1.165) is 16.8 Å². The normalized spacial score (nSPS) is 0.750. The van der Waals surface area contributed by atoms with E-state index >= 15 is 0 Å². The molecule has 0 amide bonds. The van der Waals surface area contributed by atoms with Crippen molar-refractivity contribution in [3.8, 4) is 0 Å². The van der Waals surface area contributed by atoms with E-state index in [0.29, 0.717) is 0 Å². The van der Waals surface area contributed by atoms with E-state index in [2.05, 4.69) is 10.1 Å². The van der Waals surface area contributed by atoms with E-state index in [1.54, 1.807) is 0 Å². The molecular weight excluding hydrogens is 341 g/mol. The second-order valence-electron chi connectivity index (χ2n) is 0. The maximum absolute atomic E-state index is 4.21. The summed E-state index contributed by atoms with van der Waals surface area (Å²) in [6.07, 6.45) is 0. The summed E-state index contributed by atoms with van der Waals surface area (Å²) >= 11 is 0.958. The Morgan fingerprint density at radius 2 is 1.25 bits per heavy atom. The minimum atomic E-state index is 0. The average molecular weight is 344 g/mol. The van der Waals surface area contributed by atoms with E-state index in [9.17, 15) is 0 Å². The molecule has 0 rings (SSSR count). The second-order valence-corrected chi connectivity index (χ2v) is 0. The van der Waals surface area contributed by atoms with Crippen molar-refractivity contribution in [1.82, 2.24) is 0 Å². The summed E-state index contributed by atoms with van der Waals surface area (Å²) in [6.45, 7) is 0. The molecule has 0 aromatic rings. The molecule has 0 nitrogen and oxygen atoms in total. The fraction of sp³-hybridized carbons (Fsp3) is 0. The van der Waals surface area contributed by atoms with Crippen LogP contribution in [0.5, 0.6) is 0 Å². The molecular formula is H3EuGaSSr. The van der Waals surface area contributed by atoms with Gasteiger partial charge in [-0.15, -0.1) is 0 Å². The molecule has 21 valence electrons. The molecule has 0 aliphatic carbocycles. The summed E-state index contributed by atoms with van der Waals surface area (Å²) in [7, 11) is 4.21. The van der Waals surface area contributed by atoms with Crippen LogP contribution in [0, 0.1) is 49.4 Å². The van der Waals surface area contributed by atoms with Crippen molar-refractivity contribution in [2.75, 3.05) is 0 Å². The molecule has 0 N–H and O–H groups in total. The summed E-state index contributed by atoms with van der Waals surface area (Å²) < 4.78 is 0. The number of rotatable bonds is 0. The van der Waals surface area contributed by atoms with Gasteiger partial charge in [0.1, 0.15) is 0 Å². The predicted octanol–water partition coefficient (Wildman–Crippen LogP) is -0.917. The third-order valence-electron chi connectivity index (χ3n) is 0. The molecule has 0 fully saturated rings. The van der Waals surface area contributed by atoms with Gasteiger partial charge >= 0.3 is 72.4 Å². The monoisotopic (exact) mass is 345 g/mol. The molecule has 0 aromatic carbocycles. The molecule has 4 heteroatoms. The number of hydrogen-bond donors (Lipinski definition) is 0. The van der Waals surface area contributed by atoms with Crippen LogP contribution in [0.3, 0.4) is 0 Å². The van der Waals surface area contributed by atoms with Crippen molar-refractivity contribution in [3.63, 3.8) is 0 Å². The van der Waals surface area contributed by atoms with E-state index in [-0.39, 0.29) is 94.9 Å². The molecule has 0 atom stereocenters. The zero-order valence-corrected chi connectivity index (χ0v) is 7.70. The summed E-state index contributed by atoms with van der Waals surface area (Å²) in [5.74, 6) is 0. The molecule has 0 aliphatic rings. The van der Waals surface area contributed by atoms with E-state index in [1.165, 1.54) is 0 Å². The summed E-state index contributed by atoms with van der Waals surface area (Å²) in [5.41, 5.74) is 0. The molecule has 4 heavy (non-hydrogen) atoms. The molecule has 1 radical (unpaired) electrons. The van der Waals surface area contributed by atoms with Crippen LogP contribution in [0.2, 0.25) is 0 Å². The minimum absolute atomic E-state index is 0. The van der Waals surface area contributed by atoms with Crippen LogP contribution in [0.15, 0.2) is 0 Å². The van der Waals surface area contributed by atoms with Gasteiger partial charge in [-0.3, -0.25) is 0 Å². The molecule has 0 unspecified atom stereocenters. The molecule has 0 bridgehead atoms. The molecule has 0 saturated heterocycles. The molecule has 0 spiro atoms. The summed E-state index contributed by atoms with van der Waals surface area (Å²) in [5, 5.41) is 0. The van der Waals surface area contributed by atoms with Crippen molar-refractivity contribution in [1.29, 1.82) is 0 Å². The van der Waals surface area contributed by atoms with E-state index < -0.39 is 0 Å². The summed E-state index contributed by atoms with van der Waals surface area (Å²) in [4.78, 5) is 0. The first kappa shape index (κ1) is 15.7. The van der Waals surface area contributed by atoms with E-state index in [1.807, 2.05) is 0 Å². The topological polar surface area (TPSA) is 0 Å². The Morgan fingerprint density at radius 1 is 1.25 bits per heavy atom. The van der Waals surface area contributed by atoms with E-state index in [4.69, 9.17) is 0 Å². The van der Waals surface area contributed by atoms with Crippen molar-refractivity contribution in [2.45, 2.75) is 0 Å². The Kier molecular flexibility index (Phi) is 61.8. The predicted molar refractivity (Wildman–Crippen MR) is 23.3 cm³/mol. The van der Waals surface area contributed by atoms with Gasteiger partial charge < -0.3 is 0 Å². The van der Waals surface area contributed by atoms with Crippen molar-refractivity contribution in [2.24, 2.45) is 0 Å². The van der Waals surface area contributed by atoms with Gasteiger partial charge in [-0.05, 0) is 0 Å². The van der Waals surface area contributed by atoms with Gasteiger partial charge in [0.25, 0.3) is 0 Å². The van der Waals surface area contributed by atoms with Crippen LogP contribution in [0.25, 0.3) is 0 Å². The van der Waals surface area contributed by atoms with Gasteiger partial charge in [-0.25, -0.2) is 0 Å². The van der Waals surface area contributed by atoms with Crippen LogP contribution in [-0.4, -0.2) is 62.3 Å². The van der Waals surface area contributed by atoms with Gasteiger partial charge in [0, 0.05) is 49.4 Å². The fourth-order valence-electron chi connectivity index (χ4n) is 0. The zero-order valence-electron chi connectivity index (χ0n) is 1.49. The first-order valence-corrected chi connectivity index (χ1v) is 4.50. The third-order valence-corrected chi connectivity index (χ3v) is 0. The Balaban J connectivity index is -0.00000000500. The molecule has 0 aliphatic heterocycles. The Labute approximate surface area is 118 Å². The van der Waals surface area contributed by atoms with Gasteiger partial charge in [0.2, 0.25) is 0 Å². The molecule has 0 heterocycles. The van der Waals surface area contributed by atoms with Crippen molar-refractivity contribution in [3.05, 3.63) is 0 Å². The number of hydrogen-bond acceptors (Lipinski definition) is 1. The van der Waals surface area contributed by atoms with Crippen LogP contribution >= 0.6 is 10.1 Å². The molecule has 0 saturated carbocycles. The van der Waals surface area contributed by atoms with Gasteiger partial charge in [-0.1, -0.05) is 0 Å².